The number of halogens is 1. The highest BCUT2D eigenvalue weighted by Gasteiger charge is 2.01. The van der Waals surface area contributed by atoms with E-state index in [4.69, 9.17) is 16.3 Å². The molecule has 0 aliphatic rings. The number of nitrogens with one attached hydrogen (secondary N) is 1. The fraction of sp³-hybridized carbons (Fsp3) is 0.333. The van der Waals surface area contributed by atoms with E-state index < -0.39 is 0 Å². The first kappa shape index (κ1) is 14.8. The highest BCUT2D eigenvalue weighted by atomic mass is 35.5. The molecule has 0 saturated heterocycles. The normalized spacial score (nSPS) is 10.5. The molecule has 0 atom stereocenters. The van der Waals surface area contributed by atoms with Gasteiger partial charge in [-0.3, -0.25) is 4.98 Å². The van der Waals surface area contributed by atoms with E-state index in [-0.39, 0.29) is 0 Å². The van der Waals surface area contributed by atoms with Gasteiger partial charge in [0.2, 0.25) is 0 Å². The molecule has 20 heavy (non-hydrogen) atoms. The van der Waals surface area contributed by atoms with E-state index in [2.05, 4.69) is 22.2 Å². The molecule has 0 aliphatic carbocycles. The Hall–Kier alpha value is -1.65. The molecule has 0 aliphatic heterocycles. The minimum Gasteiger partial charge on any atom is -0.370 e. The van der Waals surface area contributed by atoms with Crippen molar-refractivity contribution in [2.75, 3.05) is 11.9 Å². The number of ether oxygens (including phenoxy) is 1. The van der Waals surface area contributed by atoms with Crippen molar-refractivity contribution in [3.8, 4) is 0 Å². The summed E-state index contributed by atoms with van der Waals surface area (Å²) in [5.74, 6) is 0.793. The van der Waals surface area contributed by atoms with Crippen LogP contribution < -0.4 is 5.32 Å². The Morgan fingerprint density at radius 2 is 2.00 bits per heavy atom. The molecule has 4 nitrogen and oxygen atoms in total. The van der Waals surface area contributed by atoms with Gasteiger partial charge in [-0.05, 0) is 18.1 Å². The number of nitrogens with zero attached hydrogens (tertiary/aromatic N) is 2. The molecular formula is C15H18ClN3O. The number of benzene rings is 1. The lowest BCUT2D eigenvalue weighted by molar-refractivity contribution is 0.104. The third-order valence-corrected chi connectivity index (χ3v) is 3.10. The van der Waals surface area contributed by atoms with Crippen LogP contribution in [0.25, 0.3) is 0 Å². The van der Waals surface area contributed by atoms with Gasteiger partial charge in [-0.1, -0.05) is 36.7 Å². The third-order valence-electron chi connectivity index (χ3n) is 2.73. The van der Waals surface area contributed by atoms with Crippen molar-refractivity contribution in [1.29, 1.82) is 0 Å². The van der Waals surface area contributed by atoms with Crippen molar-refractivity contribution in [1.82, 2.24) is 9.97 Å². The van der Waals surface area contributed by atoms with Crippen LogP contribution in [0.1, 0.15) is 24.6 Å². The largest absolute Gasteiger partial charge is 0.370 e. The van der Waals surface area contributed by atoms with Crippen molar-refractivity contribution in [3.05, 3.63) is 52.9 Å². The summed E-state index contributed by atoms with van der Waals surface area (Å²) in [7, 11) is 0. The molecule has 0 fully saturated rings. The Bertz CT molecular complexity index is 531. The molecule has 0 amide bonds. The molecule has 0 unspecified atom stereocenters. The highest BCUT2D eigenvalue weighted by Crippen LogP contribution is 2.16. The molecule has 5 heteroatoms. The van der Waals surface area contributed by atoms with E-state index in [0.717, 1.165) is 35.1 Å². The fourth-order valence-electron chi connectivity index (χ4n) is 1.65. The molecule has 1 N–H and O–H groups in total. The molecule has 1 heterocycles. The zero-order chi connectivity index (χ0) is 14.2. The quantitative estimate of drug-likeness (QED) is 0.845. The maximum absolute atomic E-state index is 6.06. The van der Waals surface area contributed by atoms with Gasteiger partial charge in [0.25, 0.3) is 0 Å². The summed E-state index contributed by atoms with van der Waals surface area (Å²) < 4.78 is 5.60. The topological polar surface area (TPSA) is 47.0 Å². The molecule has 1 aromatic carbocycles. The number of rotatable bonds is 7. The molecular weight excluding hydrogens is 274 g/mol. The molecule has 0 spiro atoms. The van der Waals surface area contributed by atoms with E-state index >= 15 is 0 Å². The standard InChI is InChI=1S/C15H18ClN3O/c1-2-7-17-15-9-18-13(8-19-15)11-20-10-12-5-3-4-6-14(12)16/h3-6,8-9H,2,7,10-11H2,1H3,(H,17,19). The van der Waals surface area contributed by atoms with E-state index in [0.29, 0.717) is 13.2 Å². The predicted molar refractivity (Wildman–Crippen MR) is 80.8 cm³/mol. The Labute approximate surface area is 124 Å². The van der Waals surface area contributed by atoms with Crippen LogP contribution in [0, 0.1) is 0 Å². The lowest BCUT2D eigenvalue weighted by Crippen LogP contribution is -2.04. The molecule has 106 valence electrons. The van der Waals surface area contributed by atoms with Gasteiger partial charge in [-0.15, -0.1) is 0 Å². The van der Waals surface area contributed by atoms with Crippen LogP contribution in [0.5, 0.6) is 0 Å². The van der Waals surface area contributed by atoms with Gasteiger partial charge in [0.15, 0.2) is 0 Å². The van der Waals surface area contributed by atoms with Crippen molar-refractivity contribution in [3.63, 3.8) is 0 Å². The molecule has 2 rings (SSSR count). The summed E-state index contributed by atoms with van der Waals surface area (Å²) in [6.07, 6.45) is 4.51. The number of anilines is 1. The van der Waals surface area contributed by atoms with Crippen molar-refractivity contribution in [2.24, 2.45) is 0 Å². The minimum atomic E-state index is 0.423. The maximum Gasteiger partial charge on any atom is 0.144 e. The molecule has 0 radical (unpaired) electrons. The smallest absolute Gasteiger partial charge is 0.144 e. The van der Waals surface area contributed by atoms with Crippen molar-refractivity contribution >= 4 is 17.4 Å². The second kappa shape index (κ2) is 7.82. The summed E-state index contributed by atoms with van der Waals surface area (Å²) in [6, 6.07) is 7.65. The SMILES string of the molecule is CCCNc1cnc(COCc2ccccc2Cl)cn1. The zero-order valence-electron chi connectivity index (χ0n) is 11.5. The second-order valence-electron chi connectivity index (χ2n) is 4.40. The predicted octanol–water partition coefficient (Wildman–Crippen LogP) is 3.67. The maximum atomic E-state index is 6.06. The van der Waals surface area contributed by atoms with Gasteiger partial charge < -0.3 is 10.1 Å². The van der Waals surface area contributed by atoms with Crippen LogP contribution in [0.15, 0.2) is 36.7 Å². The van der Waals surface area contributed by atoms with Gasteiger partial charge in [-0.2, -0.15) is 0 Å². The van der Waals surface area contributed by atoms with E-state index in [9.17, 15) is 0 Å². The van der Waals surface area contributed by atoms with Gasteiger partial charge in [-0.25, -0.2) is 4.98 Å². The van der Waals surface area contributed by atoms with Crippen molar-refractivity contribution < 1.29 is 4.74 Å². The minimum absolute atomic E-state index is 0.423. The molecule has 2 aromatic rings. The Balaban J connectivity index is 1.81. The summed E-state index contributed by atoms with van der Waals surface area (Å²) in [4.78, 5) is 8.58. The van der Waals surface area contributed by atoms with Gasteiger partial charge in [0, 0.05) is 11.6 Å². The molecule has 1 aromatic heterocycles. The number of aromatic nitrogens is 2. The van der Waals surface area contributed by atoms with Crippen LogP contribution >= 0.6 is 11.6 Å². The monoisotopic (exact) mass is 291 g/mol. The fourth-order valence-corrected chi connectivity index (χ4v) is 1.84. The van der Waals surface area contributed by atoms with Gasteiger partial charge in [0.05, 0.1) is 31.3 Å². The first-order chi connectivity index (χ1) is 9.79. The van der Waals surface area contributed by atoms with Crippen molar-refractivity contribution in [2.45, 2.75) is 26.6 Å². The summed E-state index contributed by atoms with van der Waals surface area (Å²) in [6.45, 7) is 3.90. The summed E-state index contributed by atoms with van der Waals surface area (Å²) in [5, 5.41) is 3.90. The zero-order valence-corrected chi connectivity index (χ0v) is 12.2. The summed E-state index contributed by atoms with van der Waals surface area (Å²) >= 11 is 6.06. The molecule has 0 saturated carbocycles. The first-order valence-electron chi connectivity index (χ1n) is 6.65. The van der Waals surface area contributed by atoms with E-state index in [1.54, 1.807) is 12.4 Å². The Morgan fingerprint density at radius 1 is 1.15 bits per heavy atom. The second-order valence-corrected chi connectivity index (χ2v) is 4.81. The lowest BCUT2D eigenvalue weighted by Gasteiger charge is -2.07. The average molecular weight is 292 g/mol. The van der Waals surface area contributed by atoms with E-state index in [1.165, 1.54) is 0 Å². The number of hydrogen-bond acceptors (Lipinski definition) is 4. The third kappa shape index (κ3) is 4.47. The average Bonchev–Trinajstić information content (AvgIpc) is 2.48. The van der Waals surface area contributed by atoms with Crippen LogP contribution in [-0.2, 0) is 18.0 Å². The number of hydrogen-bond donors (Lipinski definition) is 1. The van der Waals surface area contributed by atoms with Crippen LogP contribution in [0.4, 0.5) is 5.82 Å². The van der Waals surface area contributed by atoms with Crippen LogP contribution in [0.2, 0.25) is 5.02 Å². The Kier molecular flexibility index (Phi) is 5.77. The van der Waals surface area contributed by atoms with Crippen LogP contribution in [0.3, 0.4) is 0 Å². The van der Waals surface area contributed by atoms with Gasteiger partial charge >= 0.3 is 0 Å². The lowest BCUT2D eigenvalue weighted by atomic mass is 10.2. The molecule has 0 bridgehead atoms. The summed E-state index contributed by atoms with van der Waals surface area (Å²) in [5.41, 5.74) is 1.78. The Morgan fingerprint density at radius 3 is 2.70 bits per heavy atom. The first-order valence-corrected chi connectivity index (χ1v) is 7.03. The highest BCUT2D eigenvalue weighted by molar-refractivity contribution is 6.31. The van der Waals surface area contributed by atoms with Gasteiger partial charge in [0.1, 0.15) is 5.82 Å². The van der Waals surface area contributed by atoms with E-state index in [1.807, 2.05) is 24.3 Å². The van der Waals surface area contributed by atoms with Crippen LogP contribution in [-0.4, -0.2) is 16.5 Å².